The molecule has 0 aromatic carbocycles. The van der Waals surface area contributed by atoms with E-state index in [9.17, 15) is 4.79 Å². The molecule has 2 fully saturated rings. The lowest BCUT2D eigenvalue weighted by molar-refractivity contribution is -0.119. The van der Waals surface area contributed by atoms with E-state index in [0.717, 1.165) is 23.6 Å². The summed E-state index contributed by atoms with van der Waals surface area (Å²) in [6.07, 6.45) is 10.2. The van der Waals surface area contributed by atoms with Crippen molar-refractivity contribution in [2.45, 2.75) is 43.9 Å². The Morgan fingerprint density at radius 3 is 2.77 bits per heavy atom. The van der Waals surface area contributed by atoms with Crippen molar-refractivity contribution in [3.8, 4) is 0 Å². The van der Waals surface area contributed by atoms with Crippen molar-refractivity contribution in [2.75, 3.05) is 18.4 Å². The molecule has 2 aromatic heterocycles. The Morgan fingerprint density at radius 1 is 1.23 bits per heavy atom. The van der Waals surface area contributed by atoms with Gasteiger partial charge in [0.1, 0.15) is 5.82 Å². The van der Waals surface area contributed by atoms with Crippen LogP contribution in [0.25, 0.3) is 0 Å². The molecule has 26 heavy (non-hydrogen) atoms. The maximum atomic E-state index is 12.9. The first-order valence-electron chi connectivity index (χ1n) is 9.66. The SMILES string of the molecule is Cn1cc([C@H]2CNC[C@@H]2C(=O)Nc2cc(C3CCCCC3)nn2C)cn1. The number of carbonyl (C=O) groups excluding carboxylic acids is 1. The Bertz CT molecular complexity index is 773. The predicted octanol–water partition coefficient (Wildman–Crippen LogP) is 2.14. The Hall–Kier alpha value is -2.15. The summed E-state index contributed by atoms with van der Waals surface area (Å²) < 4.78 is 3.60. The summed E-state index contributed by atoms with van der Waals surface area (Å²) in [6, 6.07) is 2.06. The normalized spacial score (nSPS) is 24.1. The van der Waals surface area contributed by atoms with E-state index in [1.165, 1.54) is 32.1 Å². The third-order valence-corrected chi connectivity index (χ3v) is 5.88. The highest BCUT2D eigenvalue weighted by Crippen LogP contribution is 2.33. The molecule has 2 aromatic rings. The summed E-state index contributed by atoms with van der Waals surface area (Å²) in [4.78, 5) is 12.9. The topological polar surface area (TPSA) is 76.8 Å². The van der Waals surface area contributed by atoms with Crippen LogP contribution in [0.5, 0.6) is 0 Å². The minimum Gasteiger partial charge on any atom is -0.315 e. The molecular formula is C19H28N6O. The van der Waals surface area contributed by atoms with E-state index in [4.69, 9.17) is 0 Å². The van der Waals surface area contributed by atoms with Crippen molar-refractivity contribution in [3.63, 3.8) is 0 Å². The fraction of sp³-hybridized carbons (Fsp3) is 0.632. The highest BCUT2D eigenvalue weighted by molar-refractivity contribution is 5.93. The van der Waals surface area contributed by atoms with Gasteiger partial charge >= 0.3 is 0 Å². The molecule has 2 atom stereocenters. The molecule has 1 saturated carbocycles. The summed E-state index contributed by atoms with van der Waals surface area (Å²) in [5.41, 5.74) is 2.24. The average molecular weight is 356 g/mol. The van der Waals surface area contributed by atoms with E-state index >= 15 is 0 Å². The monoisotopic (exact) mass is 356 g/mol. The minimum atomic E-state index is -0.0905. The smallest absolute Gasteiger partial charge is 0.230 e. The Labute approximate surface area is 154 Å². The lowest BCUT2D eigenvalue weighted by Crippen LogP contribution is -2.28. The van der Waals surface area contributed by atoms with Gasteiger partial charge in [0.05, 0.1) is 17.8 Å². The maximum Gasteiger partial charge on any atom is 0.230 e. The van der Waals surface area contributed by atoms with Gasteiger partial charge in [-0.1, -0.05) is 19.3 Å². The number of nitrogens with one attached hydrogen (secondary N) is 2. The van der Waals surface area contributed by atoms with Gasteiger partial charge < -0.3 is 10.6 Å². The zero-order valence-electron chi connectivity index (χ0n) is 15.6. The van der Waals surface area contributed by atoms with Crippen LogP contribution in [0.3, 0.4) is 0 Å². The average Bonchev–Trinajstić information content (AvgIpc) is 3.36. The van der Waals surface area contributed by atoms with Gasteiger partial charge in [-0.25, -0.2) is 0 Å². The zero-order valence-corrected chi connectivity index (χ0v) is 15.6. The molecule has 0 bridgehead atoms. The molecule has 0 spiro atoms. The van der Waals surface area contributed by atoms with Gasteiger partial charge in [0.2, 0.25) is 5.91 Å². The second-order valence-corrected chi connectivity index (χ2v) is 7.72. The number of amides is 1. The summed E-state index contributed by atoms with van der Waals surface area (Å²) in [5, 5.41) is 15.4. The number of anilines is 1. The van der Waals surface area contributed by atoms with Crippen molar-refractivity contribution in [3.05, 3.63) is 29.7 Å². The lowest BCUT2D eigenvalue weighted by atomic mass is 9.87. The molecule has 2 N–H and O–H groups in total. The van der Waals surface area contributed by atoms with Gasteiger partial charge in [-0.3, -0.25) is 14.2 Å². The van der Waals surface area contributed by atoms with Crippen molar-refractivity contribution < 1.29 is 4.79 Å². The van der Waals surface area contributed by atoms with E-state index < -0.39 is 0 Å². The number of hydrogen-bond donors (Lipinski definition) is 2. The van der Waals surface area contributed by atoms with Crippen LogP contribution in [-0.2, 0) is 18.9 Å². The maximum absolute atomic E-state index is 12.9. The van der Waals surface area contributed by atoms with E-state index in [0.29, 0.717) is 12.5 Å². The molecule has 4 rings (SSSR count). The van der Waals surface area contributed by atoms with E-state index in [2.05, 4.69) is 26.9 Å². The first-order chi connectivity index (χ1) is 12.6. The number of rotatable bonds is 4. The second kappa shape index (κ2) is 7.23. The third kappa shape index (κ3) is 3.40. The fourth-order valence-electron chi connectivity index (χ4n) is 4.36. The van der Waals surface area contributed by atoms with Gasteiger partial charge in [-0.15, -0.1) is 0 Å². The quantitative estimate of drug-likeness (QED) is 0.880. The summed E-state index contributed by atoms with van der Waals surface area (Å²) in [5.74, 6) is 1.47. The van der Waals surface area contributed by atoms with E-state index in [1.807, 2.05) is 31.2 Å². The van der Waals surface area contributed by atoms with Crippen LogP contribution in [0.1, 0.15) is 55.2 Å². The predicted molar refractivity (Wildman–Crippen MR) is 100.0 cm³/mol. The molecule has 140 valence electrons. The Morgan fingerprint density at radius 2 is 2.04 bits per heavy atom. The molecule has 0 radical (unpaired) electrons. The number of carbonyl (C=O) groups is 1. The van der Waals surface area contributed by atoms with Crippen molar-refractivity contribution >= 4 is 11.7 Å². The van der Waals surface area contributed by atoms with Crippen LogP contribution >= 0.6 is 0 Å². The van der Waals surface area contributed by atoms with Gasteiger partial charge in [0.25, 0.3) is 0 Å². The van der Waals surface area contributed by atoms with Gasteiger partial charge in [0.15, 0.2) is 0 Å². The number of aryl methyl sites for hydroxylation is 2. The first-order valence-corrected chi connectivity index (χ1v) is 9.66. The van der Waals surface area contributed by atoms with Gasteiger partial charge in [-0.05, 0) is 18.4 Å². The van der Waals surface area contributed by atoms with Crippen molar-refractivity contribution in [1.82, 2.24) is 24.9 Å². The molecule has 1 aliphatic heterocycles. The van der Waals surface area contributed by atoms with Crippen molar-refractivity contribution in [1.29, 1.82) is 0 Å². The molecular weight excluding hydrogens is 328 g/mol. The Balaban J connectivity index is 1.46. The molecule has 2 aliphatic rings. The molecule has 1 amide bonds. The fourth-order valence-corrected chi connectivity index (χ4v) is 4.36. The number of hydrogen-bond acceptors (Lipinski definition) is 4. The molecule has 1 saturated heterocycles. The van der Waals surface area contributed by atoms with Crippen LogP contribution in [0.15, 0.2) is 18.5 Å². The van der Waals surface area contributed by atoms with E-state index in [-0.39, 0.29) is 17.7 Å². The summed E-state index contributed by atoms with van der Waals surface area (Å²) in [7, 11) is 3.82. The molecule has 1 aliphatic carbocycles. The van der Waals surface area contributed by atoms with Crippen LogP contribution in [-0.4, -0.2) is 38.6 Å². The lowest BCUT2D eigenvalue weighted by Gasteiger charge is -2.19. The highest BCUT2D eigenvalue weighted by atomic mass is 16.2. The third-order valence-electron chi connectivity index (χ3n) is 5.88. The van der Waals surface area contributed by atoms with Crippen LogP contribution in [0.2, 0.25) is 0 Å². The zero-order chi connectivity index (χ0) is 18.1. The molecule has 0 unspecified atom stereocenters. The van der Waals surface area contributed by atoms with Crippen molar-refractivity contribution in [2.24, 2.45) is 20.0 Å². The minimum absolute atomic E-state index is 0.0575. The number of nitrogens with zero attached hydrogens (tertiary/aromatic N) is 4. The first kappa shape index (κ1) is 17.3. The van der Waals surface area contributed by atoms with E-state index in [1.54, 1.807) is 4.68 Å². The number of aromatic nitrogens is 4. The van der Waals surface area contributed by atoms with Gasteiger partial charge in [-0.2, -0.15) is 10.2 Å². The largest absolute Gasteiger partial charge is 0.315 e. The molecule has 3 heterocycles. The van der Waals surface area contributed by atoms with Crippen LogP contribution in [0.4, 0.5) is 5.82 Å². The second-order valence-electron chi connectivity index (χ2n) is 7.72. The standard InChI is InChI=1S/C19H28N6O/c1-24-12-14(9-21-24)15-10-20-11-16(15)19(26)22-18-8-17(23-25(18)2)13-6-4-3-5-7-13/h8-9,12-13,15-16,20H,3-7,10-11H2,1-2H3,(H,22,26)/t15-,16+/m1/s1. The summed E-state index contributed by atoms with van der Waals surface area (Å²) in [6.45, 7) is 1.50. The Kier molecular flexibility index (Phi) is 4.80. The van der Waals surface area contributed by atoms with Crippen LogP contribution in [0, 0.1) is 5.92 Å². The highest BCUT2D eigenvalue weighted by Gasteiger charge is 2.35. The molecule has 7 nitrogen and oxygen atoms in total. The van der Waals surface area contributed by atoms with Gasteiger partial charge in [0, 0.05) is 51.3 Å². The summed E-state index contributed by atoms with van der Waals surface area (Å²) >= 11 is 0. The molecule has 7 heteroatoms. The van der Waals surface area contributed by atoms with Crippen LogP contribution < -0.4 is 10.6 Å².